The quantitative estimate of drug-likeness (QED) is 0.862. The van der Waals surface area contributed by atoms with Crippen molar-refractivity contribution in [2.24, 2.45) is 5.92 Å². The Labute approximate surface area is 119 Å². The summed E-state index contributed by atoms with van der Waals surface area (Å²) in [5.41, 5.74) is 0.863. The van der Waals surface area contributed by atoms with Crippen molar-refractivity contribution in [3.63, 3.8) is 0 Å². The summed E-state index contributed by atoms with van der Waals surface area (Å²) in [6.45, 7) is 3.91. The van der Waals surface area contributed by atoms with Crippen LogP contribution in [0.3, 0.4) is 0 Å². The van der Waals surface area contributed by atoms with Gasteiger partial charge in [0.2, 0.25) is 0 Å². The molecule has 0 spiro atoms. The monoisotopic (exact) mass is 280 g/mol. The molecule has 1 heterocycles. The molecule has 0 aromatic heterocycles. The lowest BCUT2D eigenvalue weighted by Crippen LogP contribution is -2.38. The van der Waals surface area contributed by atoms with Crippen LogP contribution in [0.25, 0.3) is 0 Å². The number of benzene rings is 1. The standard InChI is InChI=1S/C16H22F2N2/c17-15-6-5-13(8-16(15)18)10-20(9-12-3-4-12)11-14-2-1-7-19-14/h5-6,8,12,14,19H,1-4,7,9-11H2. The fourth-order valence-electron chi connectivity index (χ4n) is 2.99. The van der Waals surface area contributed by atoms with Gasteiger partial charge in [0.05, 0.1) is 0 Å². The van der Waals surface area contributed by atoms with Gasteiger partial charge < -0.3 is 5.32 Å². The van der Waals surface area contributed by atoms with Crippen molar-refractivity contribution in [2.75, 3.05) is 19.6 Å². The first-order valence-corrected chi connectivity index (χ1v) is 7.60. The fraction of sp³-hybridized carbons (Fsp3) is 0.625. The van der Waals surface area contributed by atoms with Crippen LogP contribution in [0.2, 0.25) is 0 Å². The van der Waals surface area contributed by atoms with Gasteiger partial charge in [0.1, 0.15) is 0 Å². The number of rotatable bonds is 6. The van der Waals surface area contributed by atoms with Gasteiger partial charge in [-0.3, -0.25) is 4.90 Å². The summed E-state index contributed by atoms with van der Waals surface area (Å²) in [6.07, 6.45) is 5.09. The smallest absolute Gasteiger partial charge is 0.159 e. The summed E-state index contributed by atoms with van der Waals surface area (Å²) in [5.74, 6) is -0.700. The van der Waals surface area contributed by atoms with Crippen molar-refractivity contribution >= 4 is 0 Å². The van der Waals surface area contributed by atoms with E-state index in [1.54, 1.807) is 6.07 Å². The molecule has 1 aromatic rings. The molecule has 2 nitrogen and oxygen atoms in total. The summed E-state index contributed by atoms with van der Waals surface area (Å²) in [6, 6.07) is 4.81. The van der Waals surface area contributed by atoms with Gasteiger partial charge in [-0.05, 0) is 55.8 Å². The third-order valence-corrected chi connectivity index (χ3v) is 4.24. The molecule has 20 heavy (non-hydrogen) atoms. The van der Waals surface area contributed by atoms with Crippen LogP contribution in [-0.4, -0.2) is 30.6 Å². The summed E-state index contributed by atoms with van der Waals surface area (Å²) >= 11 is 0. The lowest BCUT2D eigenvalue weighted by atomic mass is 10.1. The lowest BCUT2D eigenvalue weighted by Gasteiger charge is -2.25. The minimum Gasteiger partial charge on any atom is -0.313 e. The maximum Gasteiger partial charge on any atom is 0.159 e. The summed E-state index contributed by atoms with van der Waals surface area (Å²) in [5, 5.41) is 3.51. The molecule has 1 unspecified atom stereocenters. The van der Waals surface area contributed by atoms with Crippen LogP contribution < -0.4 is 5.32 Å². The number of nitrogens with zero attached hydrogens (tertiary/aromatic N) is 1. The Morgan fingerprint density at radius 3 is 2.60 bits per heavy atom. The van der Waals surface area contributed by atoms with E-state index in [1.165, 1.54) is 37.8 Å². The molecule has 2 fully saturated rings. The van der Waals surface area contributed by atoms with Crippen LogP contribution in [-0.2, 0) is 6.54 Å². The van der Waals surface area contributed by atoms with E-state index >= 15 is 0 Å². The maximum atomic E-state index is 13.3. The van der Waals surface area contributed by atoms with Crippen molar-refractivity contribution in [2.45, 2.75) is 38.3 Å². The maximum absolute atomic E-state index is 13.3. The topological polar surface area (TPSA) is 15.3 Å². The molecule has 1 saturated heterocycles. The molecule has 2 aliphatic rings. The second-order valence-electron chi connectivity index (χ2n) is 6.18. The van der Waals surface area contributed by atoms with E-state index in [2.05, 4.69) is 10.2 Å². The third-order valence-electron chi connectivity index (χ3n) is 4.24. The molecular weight excluding hydrogens is 258 g/mol. The summed E-state index contributed by atoms with van der Waals surface area (Å²) < 4.78 is 26.3. The van der Waals surface area contributed by atoms with Gasteiger partial charge in [-0.25, -0.2) is 8.78 Å². The van der Waals surface area contributed by atoms with E-state index in [9.17, 15) is 8.78 Å². The van der Waals surface area contributed by atoms with E-state index in [-0.39, 0.29) is 0 Å². The molecule has 0 amide bonds. The Morgan fingerprint density at radius 1 is 1.10 bits per heavy atom. The summed E-state index contributed by atoms with van der Waals surface area (Å²) in [4.78, 5) is 2.40. The molecule has 1 N–H and O–H groups in total. The zero-order valence-corrected chi connectivity index (χ0v) is 11.7. The van der Waals surface area contributed by atoms with Gasteiger partial charge in [-0.15, -0.1) is 0 Å². The SMILES string of the molecule is Fc1ccc(CN(CC2CC2)CC2CCCN2)cc1F. The Balaban J connectivity index is 1.62. The molecular formula is C16H22F2N2. The van der Waals surface area contributed by atoms with Crippen LogP contribution in [0.1, 0.15) is 31.2 Å². The zero-order valence-electron chi connectivity index (χ0n) is 11.7. The number of hydrogen-bond acceptors (Lipinski definition) is 2. The van der Waals surface area contributed by atoms with Crippen molar-refractivity contribution < 1.29 is 8.78 Å². The van der Waals surface area contributed by atoms with Crippen LogP contribution >= 0.6 is 0 Å². The van der Waals surface area contributed by atoms with Gasteiger partial charge in [-0.2, -0.15) is 0 Å². The largest absolute Gasteiger partial charge is 0.313 e. The molecule has 1 atom stereocenters. The van der Waals surface area contributed by atoms with Crippen LogP contribution in [0, 0.1) is 17.6 Å². The molecule has 1 saturated carbocycles. The van der Waals surface area contributed by atoms with Crippen molar-refractivity contribution in [1.82, 2.24) is 10.2 Å². The first kappa shape index (κ1) is 14.0. The second kappa shape index (κ2) is 6.19. The Hall–Kier alpha value is -1.00. The first-order chi connectivity index (χ1) is 9.70. The van der Waals surface area contributed by atoms with E-state index in [4.69, 9.17) is 0 Å². The van der Waals surface area contributed by atoms with Crippen molar-refractivity contribution in [3.05, 3.63) is 35.4 Å². The highest BCUT2D eigenvalue weighted by atomic mass is 19.2. The molecule has 1 aliphatic heterocycles. The zero-order chi connectivity index (χ0) is 13.9. The molecule has 4 heteroatoms. The van der Waals surface area contributed by atoms with Crippen LogP contribution in [0.4, 0.5) is 8.78 Å². The number of hydrogen-bond donors (Lipinski definition) is 1. The Bertz CT molecular complexity index is 454. The molecule has 0 radical (unpaired) electrons. The highest BCUT2D eigenvalue weighted by Gasteiger charge is 2.26. The predicted octanol–water partition coefficient (Wildman–Crippen LogP) is 2.93. The normalized spacial score (nSPS) is 22.6. The van der Waals surface area contributed by atoms with E-state index in [0.717, 1.165) is 31.1 Å². The van der Waals surface area contributed by atoms with E-state index < -0.39 is 11.6 Å². The predicted molar refractivity (Wildman–Crippen MR) is 75.4 cm³/mol. The molecule has 0 bridgehead atoms. The minimum absolute atomic E-state index is 0.555. The first-order valence-electron chi connectivity index (χ1n) is 7.60. The van der Waals surface area contributed by atoms with Gasteiger partial charge >= 0.3 is 0 Å². The van der Waals surface area contributed by atoms with Crippen LogP contribution in [0.15, 0.2) is 18.2 Å². The van der Waals surface area contributed by atoms with Gasteiger partial charge in [0, 0.05) is 25.7 Å². The van der Waals surface area contributed by atoms with Crippen LogP contribution in [0.5, 0.6) is 0 Å². The molecule has 110 valence electrons. The highest BCUT2D eigenvalue weighted by Crippen LogP contribution is 2.30. The lowest BCUT2D eigenvalue weighted by molar-refractivity contribution is 0.231. The molecule has 1 aromatic carbocycles. The Kier molecular flexibility index (Phi) is 4.32. The number of nitrogens with one attached hydrogen (secondary N) is 1. The van der Waals surface area contributed by atoms with Gasteiger partial charge in [-0.1, -0.05) is 6.07 Å². The minimum atomic E-state index is -0.764. The van der Waals surface area contributed by atoms with Crippen molar-refractivity contribution in [1.29, 1.82) is 0 Å². The van der Waals surface area contributed by atoms with Crippen molar-refractivity contribution in [3.8, 4) is 0 Å². The molecule has 3 rings (SSSR count). The summed E-state index contributed by atoms with van der Waals surface area (Å²) in [7, 11) is 0. The average molecular weight is 280 g/mol. The average Bonchev–Trinajstić information content (AvgIpc) is 3.08. The van der Waals surface area contributed by atoms with Gasteiger partial charge in [0.15, 0.2) is 11.6 Å². The van der Waals surface area contributed by atoms with E-state index in [0.29, 0.717) is 12.6 Å². The number of halogens is 2. The molecule has 1 aliphatic carbocycles. The van der Waals surface area contributed by atoms with Gasteiger partial charge in [0.25, 0.3) is 0 Å². The Morgan fingerprint density at radius 2 is 1.95 bits per heavy atom. The van der Waals surface area contributed by atoms with E-state index in [1.807, 2.05) is 0 Å². The third kappa shape index (κ3) is 3.76. The fourth-order valence-corrected chi connectivity index (χ4v) is 2.99. The highest BCUT2D eigenvalue weighted by molar-refractivity contribution is 5.17. The second-order valence-corrected chi connectivity index (χ2v) is 6.18.